The molecule has 0 spiro atoms. The van der Waals surface area contributed by atoms with Gasteiger partial charge in [-0.2, -0.15) is 0 Å². The van der Waals surface area contributed by atoms with E-state index < -0.39 is 0 Å². The lowest BCUT2D eigenvalue weighted by Gasteiger charge is -2.29. The van der Waals surface area contributed by atoms with Crippen LogP contribution in [0, 0.1) is 5.92 Å². The minimum absolute atomic E-state index is 0.442. The summed E-state index contributed by atoms with van der Waals surface area (Å²) in [5.41, 5.74) is 1.39. The summed E-state index contributed by atoms with van der Waals surface area (Å²) in [6.07, 6.45) is 1.23. The Morgan fingerprint density at radius 2 is 1.83 bits per heavy atom. The SMILES string of the molecule is CCCN(CC)CC(C)C(NC)c1ccccc1. The number of nitrogens with zero attached hydrogens (tertiary/aromatic N) is 1. The van der Waals surface area contributed by atoms with Crippen LogP contribution < -0.4 is 5.32 Å². The highest BCUT2D eigenvalue weighted by Crippen LogP contribution is 2.22. The van der Waals surface area contributed by atoms with Crippen LogP contribution in [0.1, 0.15) is 38.8 Å². The minimum atomic E-state index is 0.442. The molecule has 0 amide bonds. The molecule has 0 saturated carbocycles. The van der Waals surface area contributed by atoms with Crippen LogP contribution in [-0.4, -0.2) is 31.6 Å². The minimum Gasteiger partial charge on any atom is -0.313 e. The molecule has 0 saturated heterocycles. The molecule has 0 radical (unpaired) electrons. The third kappa shape index (κ3) is 4.43. The van der Waals surface area contributed by atoms with Gasteiger partial charge in [0.15, 0.2) is 0 Å². The molecule has 0 aliphatic rings. The molecule has 0 aliphatic carbocycles. The predicted molar refractivity (Wildman–Crippen MR) is 79.8 cm³/mol. The van der Waals surface area contributed by atoms with Gasteiger partial charge in [-0.05, 0) is 38.0 Å². The molecule has 0 aromatic heterocycles. The van der Waals surface area contributed by atoms with Crippen molar-refractivity contribution in [3.8, 4) is 0 Å². The van der Waals surface area contributed by atoms with E-state index in [-0.39, 0.29) is 0 Å². The monoisotopic (exact) mass is 248 g/mol. The first-order valence-corrected chi connectivity index (χ1v) is 7.17. The molecule has 18 heavy (non-hydrogen) atoms. The number of hydrogen-bond acceptors (Lipinski definition) is 2. The maximum Gasteiger partial charge on any atom is 0.0355 e. The van der Waals surface area contributed by atoms with Crippen molar-refractivity contribution in [2.24, 2.45) is 5.92 Å². The lowest BCUT2D eigenvalue weighted by Crippen LogP contribution is -2.35. The van der Waals surface area contributed by atoms with Gasteiger partial charge in [0.25, 0.3) is 0 Å². The normalized spacial score (nSPS) is 14.7. The lowest BCUT2D eigenvalue weighted by molar-refractivity contribution is 0.223. The molecule has 0 fully saturated rings. The third-order valence-corrected chi connectivity index (χ3v) is 3.57. The summed E-state index contributed by atoms with van der Waals surface area (Å²) in [6, 6.07) is 11.2. The Hall–Kier alpha value is -0.860. The average Bonchev–Trinajstić information content (AvgIpc) is 2.40. The van der Waals surface area contributed by atoms with E-state index >= 15 is 0 Å². The van der Waals surface area contributed by atoms with Crippen LogP contribution in [0.25, 0.3) is 0 Å². The van der Waals surface area contributed by atoms with E-state index in [1.807, 2.05) is 0 Å². The van der Waals surface area contributed by atoms with E-state index in [4.69, 9.17) is 0 Å². The summed E-state index contributed by atoms with van der Waals surface area (Å²) in [4.78, 5) is 2.54. The van der Waals surface area contributed by atoms with Crippen molar-refractivity contribution in [2.45, 2.75) is 33.2 Å². The van der Waals surface area contributed by atoms with Crippen molar-refractivity contribution in [3.05, 3.63) is 35.9 Å². The molecular formula is C16H28N2. The number of rotatable bonds is 8. The fraction of sp³-hybridized carbons (Fsp3) is 0.625. The molecule has 2 nitrogen and oxygen atoms in total. The maximum atomic E-state index is 3.46. The van der Waals surface area contributed by atoms with Crippen molar-refractivity contribution >= 4 is 0 Å². The van der Waals surface area contributed by atoms with Crippen LogP contribution in [-0.2, 0) is 0 Å². The fourth-order valence-electron chi connectivity index (χ4n) is 2.65. The van der Waals surface area contributed by atoms with Crippen LogP contribution in [0.2, 0.25) is 0 Å². The zero-order valence-electron chi connectivity index (χ0n) is 12.3. The summed E-state index contributed by atoms with van der Waals surface area (Å²) in [5.74, 6) is 0.615. The largest absolute Gasteiger partial charge is 0.313 e. The zero-order valence-corrected chi connectivity index (χ0v) is 12.3. The van der Waals surface area contributed by atoms with Gasteiger partial charge in [0, 0.05) is 12.6 Å². The first kappa shape index (κ1) is 15.2. The second-order valence-corrected chi connectivity index (χ2v) is 5.05. The first-order valence-electron chi connectivity index (χ1n) is 7.17. The number of benzene rings is 1. The van der Waals surface area contributed by atoms with Gasteiger partial charge in [-0.15, -0.1) is 0 Å². The van der Waals surface area contributed by atoms with Crippen LogP contribution in [0.4, 0.5) is 0 Å². The summed E-state index contributed by atoms with van der Waals surface area (Å²) < 4.78 is 0. The molecule has 0 heterocycles. The van der Waals surface area contributed by atoms with Gasteiger partial charge in [-0.3, -0.25) is 0 Å². The molecule has 2 heteroatoms. The Balaban J connectivity index is 2.65. The topological polar surface area (TPSA) is 15.3 Å². The molecule has 1 N–H and O–H groups in total. The van der Waals surface area contributed by atoms with E-state index in [9.17, 15) is 0 Å². The Morgan fingerprint density at radius 1 is 1.17 bits per heavy atom. The second-order valence-electron chi connectivity index (χ2n) is 5.05. The zero-order chi connectivity index (χ0) is 13.4. The summed E-state index contributed by atoms with van der Waals surface area (Å²) in [7, 11) is 2.06. The predicted octanol–water partition coefficient (Wildman–Crippen LogP) is 3.32. The van der Waals surface area contributed by atoms with Gasteiger partial charge in [0.1, 0.15) is 0 Å². The van der Waals surface area contributed by atoms with E-state index in [2.05, 4.69) is 68.4 Å². The van der Waals surface area contributed by atoms with Gasteiger partial charge >= 0.3 is 0 Å². The highest BCUT2D eigenvalue weighted by Gasteiger charge is 2.19. The lowest BCUT2D eigenvalue weighted by atomic mass is 9.94. The Bertz CT molecular complexity index is 310. The number of hydrogen-bond donors (Lipinski definition) is 1. The van der Waals surface area contributed by atoms with Gasteiger partial charge in [-0.1, -0.05) is 51.1 Å². The van der Waals surface area contributed by atoms with E-state index in [1.54, 1.807) is 0 Å². The van der Waals surface area contributed by atoms with Crippen LogP contribution in [0.15, 0.2) is 30.3 Å². The van der Waals surface area contributed by atoms with Crippen molar-refractivity contribution in [2.75, 3.05) is 26.7 Å². The molecule has 1 rings (SSSR count). The standard InChI is InChI=1S/C16H28N2/c1-5-12-18(6-2)13-14(3)16(17-4)15-10-8-7-9-11-15/h7-11,14,16-17H,5-6,12-13H2,1-4H3. The van der Waals surface area contributed by atoms with Crippen molar-refractivity contribution < 1.29 is 0 Å². The molecular weight excluding hydrogens is 220 g/mol. The average molecular weight is 248 g/mol. The molecule has 0 aliphatic heterocycles. The molecule has 2 unspecified atom stereocenters. The van der Waals surface area contributed by atoms with E-state index in [0.717, 1.165) is 13.1 Å². The molecule has 2 atom stereocenters. The molecule has 102 valence electrons. The van der Waals surface area contributed by atoms with Crippen LogP contribution in [0.3, 0.4) is 0 Å². The van der Waals surface area contributed by atoms with Gasteiger partial charge in [-0.25, -0.2) is 0 Å². The molecule has 1 aromatic carbocycles. The van der Waals surface area contributed by atoms with Crippen LogP contribution in [0.5, 0.6) is 0 Å². The smallest absolute Gasteiger partial charge is 0.0355 e. The summed E-state index contributed by atoms with van der Waals surface area (Å²) in [6.45, 7) is 10.3. The Kier molecular flexibility index (Phi) is 6.99. The maximum absolute atomic E-state index is 3.46. The second kappa shape index (κ2) is 8.28. The van der Waals surface area contributed by atoms with Crippen molar-refractivity contribution in [3.63, 3.8) is 0 Å². The van der Waals surface area contributed by atoms with Gasteiger partial charge in [0.2, 0.25) is 0 Å². The number of nitrogens with one attached hydrogen (secondary N) is 1. The van der Waals surface area contributed by atoms with Gasteiger partial charge in [0.05, 0.1) is 0 Å². The Labute approximate surface area is 112 Å². The molecule has 0 bridgehead atoms. The third-order valence-electron chi connectivity index (χ3n) is 3.57. The van der Waals surface area contributed by atoms with E-state index in [0.29, 0.717) is 12.0 Å². The summed E-state index contributed by atoms with van der Waals surface area (Å²) in [5, 5.41) is 3.46. The fourth-order valence-corrected chi connectivity index (χ4v) is 2.65. The molecule has 1 aromatic rings. The van der Waals surface area contributed by atoms with Crippen molar-refractivity contribution in [1.29, 1.82) is 0 Å². The Morgan fingerprint density at radius 3 is 2.33 bits per heavy atom. The van der Waals surface area contributed by atoms with E-state index in [1.165, 1.54) is 18.5 Å². The highest BCUT2D eigenvalue weighted by atomic mass is 15.1. The van der Waals surface area contributed by atoms with Crippen LogP contribution >= 0.6 is 0 Å². The first-order chi connectivity index (χ1) is 8.72. The highest BCUT2D eigenvalue weighted by molar-refractivity contribution is 5.19. The van der Waals surface area contributed by atoms with Crippen molar-refractivity contribution in [1.82, 2.24) is 10.2 Å². The quantitative estimate of drug-likeness (QED) is 0.759. The van der Waals surface area contributed by atoms with Gasteiger partial charge < -0.3 is 10.2 Å². The summed E-state index contributed by atoms with van der Waals surface area (Å²) >= 11 is 0.